The predicted molar refractivity (Wildman–Crippen MR) is 135 cm³/mol. The molecule has 0 unspecified atom stereocenters. The molecule has 2 heterocycles. The first-order chi connectivity index (χ1) is 14.6. The minimum atomic E-state index is 0. The summed E-state index contributed by atoms with van der Waals surface area (Å²) in [5.74, 6) is 2.58. The molecule has 0 saturated heterocycles. The van der Waals surface area contributed by atoms with E-state index in [1.165, 1.54) is 5.56 Å². The van der Waals surface area contributed by atoms with Crippen LogP contribution in [0.3, 0.4) is 0 Å². The summed E-state index contributed by atoms with van der Waals surface area (Å²) in [4.78, 5) is 17.1. The van der Waals surface area contributed by atoms with Gasteiger partial charge in [-0.2, -0.15) is 5.10 Å². The number of nitrogens with zero attached hydrogens (tertiary/aromatic N) is 4. The molecule has 0 fully saturated rings. The third kappa shape index (κ3) is 6.98. The van der Waals surface area contributed by atoms with Gasteiger partial charge in [0.15, 0.2) is 5.96 Å². The van der Waals surface area contributed by atoms with Gasteiger partial charge in [0.1, 0.15) is 11.6 Å². The van der Waals surface area contributed by atoms with E-state index in [9.17, 15) is 4.79 Å². The maximum Gasteiger partial charge on any atom is 0.345 e. The number of aromatic nitrogens is 3. The van der Waals surface area contributed by atoms with E-state index in [0.29, 0.717) is 26.2 Å². The maximum absolute atomic E-state index is 12.4. The first-order valence-corrected chi connectivity index (χ1v) is 11.0. The quantitative estimate of drug-likeness (QED) is 0.220. The molecule has 2 N–H and O–H groups in total. The van der Waals surface area contributed by atoms with Gasteiger partial charge in [-0.15, -0.1) is 24.0 Å². The van der Waals surface area contributed by atoms with E-state index in [0.717, 1.165) is 61.9 Å². The smallest absolute Gasteiger partial charge is 0.345 e. The normalized spacial score (nSPS) is 13.3. The van der Waals surface area contributed by atoms with Crippen molar-refractivity contribution in [1.29, 1.82) is 0 Å². The Labute approximate surface area is 201 Å². The average molecular weight is 542 g/mol. The van der Waals surface area contributed by atoms with Crippen molar-refractivity contribution in [3.05, 3.63) is 45.6 Å². The zero-order valence-corrected chi connectivity index (χ0v) is 21.1. The summed E-state index contributed by atoms with van der Waals surface area (Å²) in [6, 6.07) is 6.20. The number of hydrogen-bond donors (Lipinski definition) is 2. The van der Waals surface area contributed by atoms with E-state index >= 15 is 0 Å². The topological polar surface area (TPSA) is 85.5 Å². The molecule has 172 valence electrons. The van der Waals surface area contributed by atoms with E-state index in [2.05, 4.69) is 40.9 Å². The minimum absolute atomic E-state index is 0. The lowest BCUT2D eigenvalue weighted by atomic mass is 10.1. The minimum Gasteiger partial charge on any atom is -0.494 e. The Hall–Kier alpha value is -2.04. The number of benzene rings is 1. The van der Waals surface area contributed by atoms with Crippen molar-refractivity contribution in [1.82, 2.24) is 25.0 Å². The summed E-state index contributed by atoms with van der Waals surface area (Å²) in [7, 11) is 0. The second kappa shape index (κ2) is 12.7. The van der Waals surface area contributed by atoms with Crippen molar-refractivity contribution in [2.24, 2.45) is 4.99 Å². The highest BCUT2D eigenvalue weighted by molar-refractivity contribution is 14.0. The molecule has 0 aliphatic carbocycles. The first-order valence-electron chi connectivity index (χ1n) is 11.0. The fraction of sp³-hybridized carbons (Fsp3) is 0.591. The number of rotatable bonds is 9. The summed E-state index contributed by atoms with van der Waals surface area (Å²) in [6.07, 6.45) is 3.89. The van der Waals surface area contributed by atoms with Crippen LogP contribution >= 0.6 is 24.0 Å². The van der Waals surface area contributed by atoms with Gasteiger partial charge in [0.25, 0.3) is 0 Å². The lowest BCUT2D eigenvalue weighted by Crippen LogP contribution is -2.38. The number of nitrogens with one attached hydrogen (secondary N) is 2. The summed E-state index contributed by atoms with van der Waals surface area (Å²) in [5.41, 5.74) is 2.26. The summed E-state index contributed by atoms with van der Waals surface area (Å²) < 4.78 is 9.18. The summed E-state index contributed by atoms with van der Waals surface area (Å²) in [5, 5.41) is 11.1. The molecule has 3 rings (SSSR count). The van der Waals surface area contributed by atoms with Crippen molar-refractivity contribution in [3.8, 4) is 5.75 Å². The zero-order valence-electron chi connectivity index (χ0n) is 18.8. The molecule has 1 aromatic heterocycles. The van der Waals surface area contributed by atoms with Gasteiger partial charge >= 0.3 is 5.69 Å². The molecule has 2 aromatic rings. The third-order valence-corrected chi connectivity index (χ3v) is 5.14. The van der Waals surface area contributed by atoms with Gasteiger partial charge in [-0.05, 0) is 51.7 Å². The highest BCUT2D eigenvalue weighted by atomic mass is 127. The van der Waals surface area contributed by atoms with Crippen LogP contribution in [0.4, 0.5) is 0 Å². The number of halogens is 1. The van der Waals surface area contributed by atoms with Crippen LogP contribution in [-0.2, 0) is 26.1 Å². The van der Waals surface area contributed by atoms with Crippen LogP contribution in [0, 0.1) is 6.92 Å². The van der Waals surface area contributed by atoms with Crippen molar-refractivity contribution < 1.29 is 4.74 Å². The van der Waals surface area contributed by atoms with Crippen molar-refractivity contribution in [3.63, 3.8) is 0 Å². The van der Waals surface area contributed by atoms with Crippen LogP contribution in [-0.4, -0.2) is 40.0 Å². The van der Waals surface area contributed by atoms with Gasteiger partial charge in [-0.3, -0.25) is 4.57 Å². The SMILES string of the molecule is CCNC(=NCc1ccc(C)cc1OCC)NCCCn1nc2n(c1=O)CCCC2.I. The second-order valence-electron chi connectivity index (χ2n) is 7.55. The number of hydrogen-bond acceptors (Lipinski definition) is 4. The van der Waals surface area contributed by atoms with Crippen molar-refractivity contribution in [2.45, 2.75) is 66.1 Å². The molecule has 0 atom stereocenters. The first kappa shape index (κ1) is 25.2. The molecule has 1 aliphatic heterocycles. The van der Waals surface area contributed by atoms with E-state index < -0.39 is 0 Å². The van der Waals surface area contributed by atoms with Crippen LogP contribution in [0.2, 0.25) is 0 Å². The Morgan fingerprint density at radius 3 is 2.84 bits per heavy atom. The summed E-state index contributed by atoms with van der Waals surface area (Å²) >= 11 is 0. The Morgan fingerprint density at radius 1 is 1.26 bits per heavy atom. The molecule has 31 heavy (non-hydrogen) atoms. The van der Waals surface area contributed by atoms with E-state index in [-0.39, 0.29) is 29.7 Å². The lowest BCUT2D eigenvalue weighted by Gasteiger charge is -2.13. The van der Waals surface area contributed by atoms with Gasteiger partial charge in [-0.25, -0.2) is 14.5 Å². The number of fused-ring (bicyclic) bond motifs is 1. The number of aryl methyl sites for hydroxylation is 3. The summed E-state index contributed by atoms with van der Waals surface area (Å²) in [6.45, 7) is 10.2. The molecule has 0 bridgehead atoms. The molecule has 0 saturated carbocycles. The monoisotopic (exact) mass is 542 g/mol. The maximum atomic E-state index is 12.4. The largest absolute Gasteiger partial charge is 0.494 e. The van der Waals surface area contributed by atoms with Gasteiger partial charge < -0.3 is 15.4 Å². The fourth-order valence-corrected chi connectivity index (χ4v) is 3.62. The van der Waals surface area contributed by atoms with Crippen LogP contribution in [0.5, 0.6) is 5.75 Å². The zero-order chi connectivity index (χ0) is 21.3. The molecule has 1 aliphatic rings. The van der Waals surface area contributed by atoms with Crippen molar-refractivity contribution >= 4 is 29.9 Å². The number of guanidine groups is 1. The number of aliphatic imine (C=N–C) groups is 1. The lowest BCUT2D eigenvalue weighted by molar-refractivity contribution is 0.336. The Kier molecular flexibility index (Phi) is 10.4. The second-order valence-corrected chi connectivity index (χ2v) is 7.55. The predicted octanol–water partition coefficient (Wildman–Crippen LogP) is 2.85. The highest BCUT2D eigenvalue weighted by Crippen LogP contribution is 2.21. The molecule has 1 aromatic carbocycles. The van der Waals surface area contributed by atoms with E-state index in [4.69, 9.17) is 9.73 Å². The van der Waals surface area contributed by atoms with Crippen LogP contribution in [0.1, 0.15) is 50.1 Å². The average Bonchev–Trinajstić information content (AvgIpc) is 3.06. The highest BCUT2D eigenvalue weighted by Gasteiger charge is 2.16. The molecule has 0 spiro atoms. The Balaban J connectivity index is 0.00000341. The Morgan fingerprint density at radius 2 is 2.10 bits per heavy atom. The molecule has 0 amide bonds. The van der Waals surface area contributed by atoms with Gasteiger partial charge in [-0.1, -0.05) is 12.1 Å². The van der Waals surface area contributed by atoms with Gasteiger partial charge in [0.2, 0.25) is 0 Å². The molecule has 8 nitrogen and oxygen atoms in total. The van der Waals surface area contributed by atoms with Crippen LogP contribution in [0.15, 0.2) is 28.0 Å². The van der Waals surface area contributed by atoms with Gasteiger partial charge in [0, 0.05) is 38.2 Å². The third-order valence-electron chi connectivity index (χ3n) is 5.14. The standard InChI is InChI=1S/C22H34N6O2.HI/c1-4-23-21(25-16-18-11-10-17(3)15-19(18)30-5-2)24-12-8-14-28-22(29)27-13-7-6-9-20(27)26-28;/h10-11,15H,4-9,12-14,16H2,1-3H3,(H2,23,24,25);1H. The number of ether oxygens (including phenoxy) is 1. The Bertz CT molecular complexity index is 921. The van der Waals surface area contributed by atoms with Crippen LogP contribution < -0.4 is 21.1 Å². The molecular formula is C22H35IN6O2. The molecule has 9 heteroatoms. The van der Waals surface area contributed by atoms with Gasteiger partial charge in [0.05, 0.1) is 13.2 Å². The van der Waals surface area contributed by atoms with Crippen molar-refractivity contribution in [2.75, 3.05) is 19.7 Å². The fourth-order valence-electron chi connectivity index (χ4n) is 3.62. The van der Waals surface area contributed by atoms with Crippen LogP contribution in [0.25, 0.3) is 0 Å². The molecule has 0 radical (unpaired) electrons. The molecular weight excluding hydrogens is 507 g/mol. The van der Waals surface area contributed by atoms with E-state index in [1.807, 2.05) is 18.4 Å². The van der Waals surface area contributed by atoms with E-state index in [1.54, 1.807) is 4.68 Å².